The number of likely N-dealkylation sites (tertiary alicyclic amines) is 1. The summed E-state index contributed by atoms with van der Waals surface area (Å²) in [7, 11) is 0. The van der Waals surface area contributed by atoms with Gasteiger partial charge in [0.05, 0.1) is 6.07 Å². The molecule has 1 aliphatic heterocycles. The predicted octanol–water partition coefficient (Wildman–Crippen LogP) is 2.14. The Hall–Kier alpha value is -0.590. The molecule has 1 unspecified atom stereocenters. The van der Waals surface area contributed by atoms with Crippen LogP contribution in [0.3, 0.4) is 0 Å². The normalized spacial score (nSPS) is 24.5. The molecule has 2 rings (SSSR count). The van der Waals surface area contributed by atoms with Gasteiger partial charge in [-0.25, -0.2) is 0 Å². The summed E-state index contributed by atoms with van der Waals surface area (Å²) in [4.78, 5) is 2.47. The van der Waals surface area contributed by atoms with Gasteiger partial charge in [-0.3, -0.25) is 5.32 Å². The van der Waals surface area contributed by atoms with Crippen LogP contribution in [0.4, 0.5) is 0 Å². The van der Waals surface area contributed by atoms with Gasteiger partial charge in [-0.2, -0.15) is 5.26 Å². The molecule has 3 heteroatoms. The Labute approximate surface area is 105 Å². The van der Waals surface area contributed by atoms with E-state index in [0.29, 0.717) is 6.04 Å². The zero-order chi connectivity index (χ0) is 12.1. The highest BCUT2D eigenvalue weighted by Crippen LogP contribution is 2.22. The zero-order valence-electron chi connectivity index (χ0n) is 11.0. The van der Waals surface area contributed by atoms with E-state index in [-0.39, 0.29) is 6.04 Å². The van der Waals surface area contributed by atoms with Crippen LogP contribution < -0.4 is 5.32 Å². The van der Waals surface area contributed by atoms with Gasteiger partial charge in [-0.15, -0.1) is 0 Å². The molecule has 0 radical (unpaired) electrons. The minimum atomic E-state index is 0.0465. The van der Waals surface area contributed by atoms with Gasteiger partial charge in [-0.05, 0) is 44.7 Å². The van der Waals surface area contributed by atoms with Gasteiger partial charge in [0, 0.05) is 12.6 Å². The summed E-state index contributed by atoms with van der Waals surface area (Å²) in [6.07, 6.45) is 7.88. The molecule has 1 atom stereocenters. The van der Waals surface area contributed by atoms with E-state index in [1.165, 1.54) is 51.6 Å². The molecule has 2 aliphatic rings. The van der Waals surface area contributed by atoms with Crippen molar-refractivity contribution in [3.05, 3.63) is 0 Å². The first-order valence-electron chi connectivity index (χ1n) is 7.19. The first kappa shape index (κ1) is 12.9. The molecule has 0 spiro atoms. The van der Waals surface area contributed by atoms with Crippen molar-refractivity contribution in [2.24, 2.45) is 5.92 Å². The molecule has 0 aromatic heterocycles. The quantitative estimate of drug-likeness (QED) is 0.766. The Morgan fingerprint density at radius 3 is 2.53 bits per heavy atom. The van der Waals surface area contributed by atoms with Crippen molar-refractivity contribution in [3.8, 4) is 6.07 Å². The van der Waals surface area contributed by atoms with Gasteiger partial charge in [0.15, 0.2) is 0 Å². The lowest BCUT2D eigenvalue weighted by Gasteiger charge is -2.33. The van der Waals surface area contributed by atoms with Crippen molar-refractivity contribution in [2.45, 2.75) is 57.5 Å². The van der Waals surface area contributed by atoms with Crippen LogP contribution in [-0.2, 0) is 0 Å². The van der Waals surface area contributed by atoms with E-state index in [1.54, 1.807) is 0 Å². The van der Waals surface area contributed by atoms with Crippen molar-refractivity contribution in [3.63, 3.8) is 0 Å². The van der Waals surface area contributed by atoms with Gasteiger partial charge < -0.3 is 4.90 Å². The summed E-state index contributed by atoms with van der Waals surface area (Å²) in [5.41, 5.74) is 0. The third kappa shape index (κ3) is 4.29. The fourth-order valence-electron chi connectivity index (χ4n) is 2.79. The van der Waals surface area contributed by atoms with Crippen LogP contribution in [0.2, 0.25) is 0 Å². The molecule has 1 saturated heterocycles. The van der Waals surface area contributed by atoms with Gasteiger partial charge in [0.1, 0.15) is 6.04 Å². The van der Waals surface area contributed by atoms with Crippen LogP contribution in [0.15, 0.2) is 0 Å². The Bertz CT molecular complexity index is 259. The molecular formula is C14H25N3. The Kier molecular flexibility index (Phi) is 4.82. The van der Waals surface area contributed by atoms with E-state index in [4.69, 9.17) is 5.26 Å². The van der Waals surface area contributed by atoms with Crippen molar-refractivity contribution < 1.29 is 0 Å². The number of hydrogen-bond donors (Lipinski definition) is 1. The number of hydrogen-bond acceptors (Lipinski definition) is 3. The molecule has 0 aromatic carbocycles. The van der Waals surface area contributed by atoms with Crippen LogP contribution in [0.25, 0.3) is 0 Å². The maximum absolute atomic E-state index is 9.13. The Morgan fingerprint density at radius 2 is 2.00 bits per heavy atom. The summed E-state index contributed by atoms with van der Waals surface area (Å²) in [6.45, 7) is 5.58. The van der Waals surface area contributed by atoms with Crippen molar-refractivity contribution in [1.82, 2.24) is 10.2 Å². The van der Waals surface area contributed by atoms with Gasteiger partial charge in [-0.1, -0.05) is 19.8 Å². The molecule has 2 fully saturated rings. The molecular weight excluding hydrogens is 210 g/mol. The van der Waals surface area contributed by atoms with E-state index < -0.39 is 0 Å². The monoisotopic (exact) mass is 235 g/mol. The van der Waals surface area contributed by atoms with Crippen molar-refractivity contribution >= 4 is 0 Å². The third-order valence-corrected chi connectivity index (χ3v) is 4.01. The highest BCUT2D eigenvalue weighted by molar-refractivity contribution is 4.97. The maximum atomic E-state index is 9.13. The Morgan fingerprint density at radius 1 is 1.29 bits per heavy atom. The minimum absolute atomic E-state index is 0.0465. The summed E-state index contributed by atoms with van der Waals surface area (Å²) in [6, 6.07) is 3.09. The van der Waals surface area contributed by atoms with Crippen LogP contribution >= 0.6 is 0 Å². The molecule has 0 aromatic rings. The topological polar surface area (TPSA) is 39.1 Å². The second kappa shape index (κ2) is 6.37. The molecule has 1 aliphatic carbocycles. The first-order chi connectivity index (χ1) is 8.31. The van der Waals surface area contributed by atoms with E-state index >= 15 is 0 Å². The Balaban J connectivity index is 1.67. The van der Waals surface area contributed by atoms with Gasteiger partial charge in [0.2, 0.25) is 0 Å². The predicted molar refractivity (Wildman–Crippen MR) is 69.6 cm³/mol. The molecule has 0 bridgehead atoms. The largest absolute Gasteiger partial charge is 0.301 e. The summed E-state index contributed by atoms with van der Waals surface area (Å²) in [5.74, 6) is 0.938. The number of nitriles is 1. The van der Waals surface area contributed by atoms with Crippen LogP contribution in [0.1, 0.15) is 45.4 Å². The zero-order valence-corrected chi connectivity index (χ0v) is 11.0. The highest BCUT2D eigenvalue weighted by Gasteiger charge is 2.26. The summed E-state index contributed by atoms with van der Waals surface area (Å²) < 4.78 is 0. The van der Waals surface area contributed by atoms with E-state index in [0.717, 1.165) is 12.5 Å². The minimum Gasteiger partial charge on any atom is -0.301 e. The summed E-state index contributed by atoms with van der Waals surface area (Å²) >= 11 is 0. The molecule has 3 nitrogen and oxygen atoms in total. The third-order valence-electron chi connectivity index (χ3n) is 4.01. The first-order valence-corrected chi connectivity index (χ1v) is 7.19. The van der Waals surface area contributed by atoms with E-state index in [9.17, 15) is 0 Å². The maximum Gasteiger partial charge on any atom is 0.108 e. The SMILES string of the molecule is CCCC1CCN(CC(C#N)NC2CC2)CC1. The van der Waals surface area contributed by atoms with E-state index in [2.05, 4.69) is 23.2 Å². The number of rotatable bonds is 6. The smallest absolute Gasteiger partial charge is 0.108 e. The average Bonchev–Trinajstić information content (AvgIpc) is 3.15. The fourth-order valence-corrected chi connectivity index (χ4v) is 2.79. The lowest BCUT2D eigenvalue weighted by Crippen LogP contribution is -2.44. The van der Waals surface area contributed by atoms with Crippen LogP contribution in [0, 0.1) is 17.2 Å². The second-order valence-electron chi connectivity index (χ2n) is 5.66. The molecule has 1 heterocycles. The molecule has 96 valence electrons. The molecule has 17 heavy (non-hydrogen) atoms. The molecule has 1 saturated carbocycles. The van der Waals surface area contributed by atoms with Crippen molar-refractivity contribution in [1.29, 1.82) is 5.26 Å². The lowest BCUT2D eigenvalue weighted by atomic mass is 9.92. The molecule has 0 amide bonds. The van der Waals surface area contributed by atoms with E-state index in [1.807, 2.05) is 0 Å². The number of piperidine rings is 1. The fraction of sp³-hybridized carbons (Fsp3) is 0.929. The molecule has 1 N–H and O–H groups in total. The van der Waals surface area contributed by atoms with Gasteiger partial charge in [0.25, 0.3) is 0 Å². The number of nitrogens with zero attached hydrogens (tertiary/aromatic N) is 2. The second-order valence-corrected chi connectivity index (χ2v) is 5.66. The van der Waals surface area contributed by atoms with Crippen LogP contribution in [0.5, 0.6) is 0 Å². The van der Waals surface area contributed by atoms with Crippen LogP contribution in [-0.4, -0.2) is 36.6 Å². The lowest BCUT2D eigenvalue weighted by molar-refractivity contribution is 0.171. The number of nitrogens with one attached hydrogen (secondary N) is 1. The highest BCUT2D eigenvalue weighted by atomic mass is 15.2. The average molecular weight is 235 g/mol. The standard InChI is InChI=1S/C14H25N3/c1-2-3-12-6-8-17(9-7-12)11-14(10-15)16-13-4-5-13/h12-14,16H,2-9,11H2,1H3. The van der Waals surface area contributed by atoms with Gasteiger partial charge >= 0.3 is 0 Å². The summed E-state index contributed by atoms with van der Waals surface area (Å²) in [5, 5.41) is 12.6. The van der Waals surface area contributed by atoms with Crippen molar-refractivity contribution in [2.75, 3.05) is 19.6 Å².